The van der Waals surface area contributed by atoms with Crippen molar-refractivity contribution >= 4 is 11.9 Å². The topological polar surface area (TPSA) is 76.5 Å². The van der Waals surface area contributed by atoms with Gasteiger partial charge in [-0.05, 0) is 68.5 Å². The summed E-state index contributed by atoms with van der Waals surface area (Å²) in [6.45, 7) is 4.57. The molecule has 1 N–H and O–H groups in total. The lowest BCUT2D eigenvalue weighted by atomic mass is 10.1. The molecule has 0 unspecified atom stereocenters. The van der Waals surface area contributed by atoms with Gasteiger partial charge in [-0.3, -0.25) is 14.5 Å². The summed E-state index contributed by atoms with van der Waals surface area (Å²) >= 11 is 0. The molecule has 2 heterocycles. The number of carbonyl (C=O) groups excluding carboxylic acids is 2. The number of aryl methyl sites for hydroxylation is 2. The smallest absolute Gasteiger partial charge is 0.323 e. The van der Waals surface area contributed by atoms with Gasteiger partial charge < -0.3 is 10.1 Å². The van der Waals surface area contributed by atoms with Gasteiger partial charge in [0.1, 0.15) is 6.04 Å². The zero-order chi connectivity index (χ0) is 23.8. The van der Waals surface area contributed by atoms with E-state index in [4.69, 9.17) is 4.74 Å². The molecule has 1 saturated heterocycles. The van der Waals surface area contributed by atoms with Gasteiger partial charge in [0.2, 0.25) is 0 Å². The molecule has 7 nitrogen and oxygen atoms in total. The summed E-state index contributed by atoms with van der Waals surface area (Å²) in [5.74, 6) is -0.382. The Morgan fingerprint density at radius 3 is 2.41 bits per heavy atom. The standard InChI is InChI=1S/C27H30N4O3/c1-17-11-18(2)31(29-17)23-10-6-9-21(14-23)26(32)28-22-15-25(27(33)34-3)30(16-22)24-12-19-7-4-5-8-20(19)13-24/h4-11,14,22,24-25H,12-13,15-16H2,1-3H3,(H,28,32)/t22-,25-/m0/s1. The second-order valence-electron chi connectivity index (χ2n) is 9.36. The van der Waals surface area contributed by atoms with E-state index >= 15 is 0 Å². The highest BCUT2D eigenvalue weighted by molar-refractivity contribution is 5.95. The number of hydrogen-bond acceptors (Lipinski definition) is 5. The number of amides is 1. The molecule has 1 amide bonds. The van der Waals surface area contributed by atoms with Crippen molar-refractivity contribution in [3.63, 3.8) is 0 Å². The number of benzene rings is 2. The summed E-state index contributed by atoms with van der Waals surface area (Å²) in [5, 5.41) is 7.68. The van der Waals surface area contributed by atoms with Gasteiger partial charge in [-0.15, -0.1) is 0 Å². The van der Waals surface area contributed by atoms with Gasteiger partial charge in [0.25, 0.3) is 5.91 Å². The first-order valence-corrected chi connectivity index (χ1v) is 11.8. The molecule has 0 radical (unpaired) electrons. The van der Waals surface area contributed by atoms with Crippen LogP contribution in [0.15, 0.2) is 54.6 Å². The number of nitrogens with zero attached hydrogens (tertiary/aromatic N) is 3. The van der Waals surface area contributed by atoms with Crippen LogP contribution in [-0.4, -0.2) is 58.3 Å². The highest BCUT2D eigenvalue weighted by Gasteiger charge is 2.43. The molecule has 1 aromatic heterocycles. The van der Waals surface area contributed by atoms with E-state index < -0.39 is 0 Å². The van der Waals surface area contributed by atoms with Crippen LogP contribution in [-0.2, 0) is 22.4 Å². The van der Waals surface area contributed by atoms with Gasteiger partial charge in [-0.2, -0.15) is 5.10 Å². The van der Waals surface area contributed by atoms with E-state index in [9.17, 15) is 9.59 Å². The molecule has 176 valence electrons. The zero-order valence-electron chi connectivity index (χ0n) is 19.8. The molecule has 3 aromatic rings. The maximum atomic E-state index is 13.2. The van der Waals surface area contributed by atoms with Crippen molar-refractivity contribution in [1.29, 1.82) is 0 Å². The lowest BCUT2D eigenvalue weighted by molar-refractivity contribution is -0.146. The summed E-state index contributed by atoms with van der Waals surface area (Å²) in [6, 6.07) is 17.7. The quantitative estimate of drug-likeness (QED) is 0.595. The molecule has 1 aliphatic heterocycles. The maximum Gasteiger partial charge on any atom is 0.323 e. The first-order valence-electron chi connectivity index (χ1n) is 11.8. The molecule has 2 aliphatic rings. The van der Waals surface area contributed by atoms with Crippen LogP contribution in [0.25, 0.3) is 5.69 Å². The highest BCUT2D eigenvalue weighted by atomic mass is 16.5. The summed E-state index contributed by atoms with van der Waals surface area (Å²) in [7, 11) is 1.43. The maximum absolute atomic E-state index is 13.2. The molecule has 7 heteroatoms. The number of esters is 1. The van der Waals surface area contributed by atoms with Gasteiger partial charge in [0.15, 0.2) is 0 Å². The van der Waals surface area contributed by atoms with Gasteiger partial charge in [-0.1, -0.05) is 30.3 Å². The normalized spacial score (nSPS) is 20.3. The zero-order valence-corrected chi connectivity index (χ0v) is 19.8. The van der Waals surface area contributed by atoms with E-state index in [1.165, 1.54) is 18.2 Å². The Labute approximate surface area is 199 Å². The number of ether oxygens (including phenoxy) is 1. The number of hydrogen-bond donors (Lipinski definition) is 1. The van der Waals surface area contributed by atoms with Gasteiger partial charge in [0, 0.05) is 29.9 Å². The van der Waals surface area contributed by atoms with Crippen LogP contribution in [0.5, 0.6) is 0 Å². The van der Waals surface area contributed by atoms with Gasteiger partial charge in [-0.25, -0.2) is 4.68 Å². The Balaban J connectivity index is 1.31. The van der Waals surface area contributed by atoms with Crippen molar-refractivity contribution < 1.29 is 14.3 Å². The lowest BCUT2D eigenvalue weighted by Gasteiger charge is -2.28. The Bertz CT molecular complexity index is 1210. The minimum absolute atomic E-state index is 0.127. The third-order valence-corrected chi connectivity index (χ3v) is 7.01. The minimum atomic E-state index is -0.351. The molecular formula is C27H30N4O3. The Hall–Kier alpha value is -3.45. The summed E-state index contributed by atoms with van der Waals surface area (Å²) in [4.78, 5) is 28.0. The molecule has 2 aromatic carbocycles. The fraction of sp³-hybridized carbons (Fsp3) is 0.370. The van der Waals surface area contributed by atoms with Crippen molar-refractivity contribution in [1.82, 2.24) is 20.0 Å². The van der Waals surface area contributed by atoms with Gasteiger partial charge >= 0.3 is 5.97 Å². The molecule has 1 fully saturated rings. The molecule has 2 atom stereocenters. The van der Waals surface area contributed by atoms with Crippen molar-refractivity contribution in [3.05, 3.63) is 82.7 Å². The third kappa shape index (κ3) is 4.23. The fourth-order valence-corrected chi connectivity index (χ4v) is 5.44. The van der Waals surface area contributed by atoms with E-state index in [1.54, 1.807) is 0 Å². The van der Waals surface area contributed by atoms with Crippen molar-refractivity contribution in [2.45, 2.75) is 51.2 Å². The van der Waals surface area contributed by atoms with Gasteiger partial charge in [0.05, 0.1) is 18.5 Å². The number of methoxy groups -OCH3 is 1. The average Bonchev–Trinajstić information content (AvgIpc) is 3.54. The summed E-state index contributed by atoms with van der Waals surface area (Å²) < 4.78 is 6.96. The molecule has 0 spiro atoms. The number of nitrogens with one attached hydrogen (secondary N) is 1. The monoisotopic (exact) mass is 458 g/mol. The number of fused-ring (bicyclic) bond motifs is 1. The molecule has 0 saturated carbocycles. The van der Waals surface area contributed by atoms with Crippen LogP contribution in [0.1, 0.15) is 39.3 Å². The largest absolute Gasteiger partial charge is 0.468 e. The van der Waals surface area contributed by atoms with Crippen molar-refractivity contribution in [2.75, 3.05) is 13.7 Å². The lowest BCUT2D eigenvalue weighted by Crippen LogP contribution is -2.45. The Morgan fingerprint density at radius 1 is 1.03 bits per heavy atom. The molecule has 1 aliphatic carbocycles. The highest BCUT2D eigenvalue weighted by Crippen LogP contribution is 2.31. The minimum Gasteiger partial charge on any atom is -0.468 e. The third-order valence-electron chi connectivity index (χ3n) is 7.01. The van der Waals surface area contributed by atoms with Crippen LogP contribution < -0.4 is 5.32 Å². The second kappa shape index (κ2) is 9.06. The van der Waals surface area contributed by atoms with Crippen LogP contribution in [0, 0.1) is 13.8 Å². The van der Waals surface area contributed by atoms with Crippen molar-refractivity contribution in [3.8, 4) is 5.69 Å². The second-order valence-corrected chi connectivity index (χ2v) is 9.36. The Morgan fingerprint density at radius 2 is 1.76 bits per heavy atom. The SMILES string of the molecule is COC(=O)[C@@H]1C[C@H](NC(=O)c2cccc(-n3nc(C)cc3C)c2)CN1C1Cc2ccccc2C1. The van der Waals surface area contributed by atoms with E-state index in [0.29, 0.717) is 18.5 Å². The van der Waals surface area contributed by atoms with Crippen molar-refractivity contribution in [2.24, 2.45) is 0 Å². The summed E-state index contributed by atoms with van der Waals surface area (Å²) in [6.07, 6.45) is 2.37. The molecule has 0 bridgehead atoms. The van der Waals surface area contributed by atoms with E-state index in [-0.39, 0.29) is 30.0 Å². The molecule has 34 heavy (non-hydrogen) atoms. The number of aromatic nitrogens is 2. The first kappa shape index (κ1) is 22.3. The number of rotatable bonds is 5. The Kier molecular flexibility index (Phi) is 5.96. The first-order chi connectivity index (χ1) is 16.4. The van der Waals surface area contributed by atoms with Crippen LogP contribution >= 0.6 is 0 Å². The van der Waals surface area contributed by atoms with Crippen LogP contribution in [0.3, 0.4) is 0 Å². The van der Waals surface area contributed by atoms with E-state index in [2.05, 4.69) is 39.6 Å². The summed E-state index contributed by atoms with van der Waals surface area (Å²) in [5.41, 5.74) is 6.05. The fourth-order valence-electron chi connectivity index (χ4n) is 5.44. The predicted molar refractivity (Wildman–Crippen MR) is 129 cm³/mol. The predicted octanol–water partition coefficient (Wildman–Crippen LogP) is 3.00. The average molecular weight is 459 g/mol. The molecule has 5 rings (SSSR count). The number of carbonyl (C=O) groups is 2. The van der Waals surface area contributed by atoms with E-state index in [1.807, 2.05) is 48.9 Å². The molecular weight excluding hydrogens is 428 g/mol. The van der Waals surface area contributed by atoms with E-state index in [0.717, 1.165) is 29.9 Å². The number of likely N-dealkylation sites (tertiary alicyclic amines) is 1. The van der Waals surface area contributed by atoms with Crippen LogP contribution in [0.2, 0.25) is 0 Å². The van der Waals surface area contributed by atoms with Crippen LogP contribution in [0.4, 0.5) is 0 Å².